The molecule has 2 fully saturated rings. The minimum atomic E-state index is 0.111. The van der Waals surface area contributed by atoms with Gasteiger partial charge in [-0.3, -0.25) is 4.98 Å². The molecular formula is C15H22N2O. The van der Waals surface area contributed by atoms with E-state index in [0.29, 0.717) is 5.41 Å². The van der Waals surface area contributed by atoms with Gasteiger partial charge in [-0.2, -0.15) is 0 Å². The quantitative estimate of drug-likeness (QED) is 0.871. The molecule has 1 aromatic rings. The Bertz CT molecular complexity index is 403. The Balaban J connectivity index is 1.72. The second kappa shape index (κ2) is 4.88. The zero-order valence-electron chi connectivity index (χ0n) is 10.9. The summed E-state index contributed by atoms with van der Waals surface area (Å²) in [5.74, 6) is 0. The number of hydrogen-bond donors (Lipinski definition) is 1. The van der Waals surface area contributed by atoms with Crippen LogP contribution in [0.2, 0.25) is 0 Å². The maximum absolute atomic E-state index is 9.40. The largest absolute Gasteiger partial charge is 0.392 e. The van der Waals surface area contributed by atoms with E-state index in [1.165, 1.54) is 38.5 Å². The topological polar surface area (TPSA) is 36.4 Å². The number of piperidine rings is 1. The second-order valence-corrected chi connectivity index (χ2v) is 5.86. The van der Waals surface area contributed by atoms with Gasteiger partial charge < -0.3 is 10.0 Å². The fraction of sp³-hybridized carbons (Fsp3) is 0.667. The van der Waals surface area contributed by atoms with Crippen molar-refractivity contribution in [3.63, 3.8) is 0 Å². The molecule has 18 heavy (non-hydrogen) atoms. The lowest BCUT2D eigenvalue weighted by Gasteiger charge is -2.40. The number of pyridine rings is 1. The van der Waals surface area contributed by atoms with Gasteiger partial charge in [0.1, 0.15) is 0 Å². The number of hydrogen-bond acceptors (Lipinski definition) is 3. The van der Waals surface area contributed by atoms with E-state index in [2.05, 4.69) is 9.88 Å². The summed E-state index contributed by atoms with van der Waals surface area (Å²) in [5.41, 5.74) is 2.79. The van der Waals surface area contributed by atoms with Crippen LogP contribution in [0.25, 0.3) is 0 Å². The molecule has 0 amide bonds. The van der Waals surface area contributed by atoms with E-state index in [9.17, 15) is 5.11 Å². The Kier molecular flexibility index (Phi) is 3.25. The zero-order valence-corrected chi connectivity index (χ0v) is 10.9. The SMILES string of the molecule is OCc1ccncc1N1CCC2(CCCC2)CC1. The summed E-state index contributed by atoms with van der Waals surface area (Å²) >= 11 is 0. The van der Waals surface area contributed by atoms with E-state index in [0.717, 1.165) is 24.3 Å². The molecule has 1 aliphatic carbocycles. The van der Waals surface area contributed by atoms with Crippen LogP contribution in [-0.2, 0) is 6.61 Å². The zero-order chi connectivity index (χ0) is 12.4. The van der Waals surface area contributed by atoms with Gasteiger partial charge in [0.15, 0.2) is 0 Å². The van der Waals surface area contributed by atoms with Crippen LogP contribution in [-0.4, -0.2) is 23.2 Å². The van der Waals surface area contributed by atoms with Gasteiger partial charge in [-0.05, 0) is 37.2 Å². The third-order valence-corrected chi connectivity index (χ3v) is 4.89. The number of aromatic nitrogens is 1. The van der Waals surface area contributed by atoms with Crippen LogP contribution >= 0.6 is 0 Å². The van der Waals surface area contributed by atoms with Gasteiger partial charge in [-0.15, -0.1) is 0 Å². The van der Waals surface area contributed by atoms with Crippen LogP contribution in [0.15, 0.2) is 18.5 Å². The first-order chi connectivity index (χ1) is 8.83. The van der Waals surface area contributed by atoms with Crippen LogP contribution in [0.4, 0.5) is 5.69 Å². The van der Waals surface area contributed by atoms with E-state index >= 15 is 0 Å². The van der Waals surface area contributed by atoms with E-state index in [-0.39, 0.29) is 6.61 Å². The summed E-state index contributed by atoms with van der Waals surface area (Å²) in [5, 5.41) is 9.40. The van der Waals surface area contributed by atoms with Crippen molar-refractivity contribution in [2.75, 3.05) is 18.0 Å². The minimum Gasteiger partial charge on any atom is -0.392 e. The number of nitrogens with zero attached hydrogens (tertiary/aromatic N) is 2. The van der Waals surface area contributed by atoms with Gasteiger partial charge >= 0.3 is 0 Å². The first kappa shape index (κ1) is 12.0. The van der Waals surface area contributed by atoms with Crippen molar-refractivity contribution in [3.05, 3.63) is 24.0 Å². The average molecular weight is 246 g/mol. The molecule has 2 heterocycles. The van der Waals surface area contributed by atoms with Crippen molar-refractivity contribution in [1.82, 2.24) is 4.98 Å². The van der Waals surface area contributed by atoms with Gasteiger partial charge in [0.2, 0.25) is 0 Å². The highest BCUT2D eigenvalue weighted by Crippen LogP contribution is 2.46. The standard InChI is InChI=1S/C15H22N2O/c18-12-13-3-8-16-11-14(13)17-9-6-15(7-10-17)4-1-2-5-15/h3,8,11,18H,1-2,4-7,9-10,12H2. The van der Waals surface area contributed by atoms with Crippen molar-refractivity contribution >= 4 is 5.69 Å². The van der Waals surface area contributed by atoms with Crippen LogP contribution in [0.1, 0.15) is 44.1 Å². The highest BCUT2D eigenvalue weighted by molar-refractivity contribution is 5.51. The predicted molar refractivity (Wildman–Crippen MR) is 72.5 cm³/mol. The lowest BCUT2D eigenvalue weighted by atomic mass is 9.77. The summed E-state index contributed by atoms with van der Waals surface area (Å²) in [6.45, 7) is 2.36. The third kappa shape index (κ3) is 2.12. The molecule has 1 N–H and O–H groups in total. The molecule has 1 saturated heterocycles. The van der Waals surface area contributed by atoms with E-state index in [1.54, 1.807) is 6.20 Å². The number of aliphatic hydroxyl groups is 1. The Labute approximate surface area is 109 Å². The Morgan fingerprint density at radius 1 is 1.17 bits per heavy atom. The third-order valence-electron chi connectivity index (χ3n) is 4.89. The number of aliphatic hydroxyl groups excluding tert-OH is 1. The van der Waals surface area contributed by atoms with Gasteiger partial charge in [0.05, 0.1) is 18.5 Å². The molecule has 1 aliphatic heterocycles. The van der Waals surface area contributed by atoms with E-state index in [4.69, 9.17) is 0 Å². The maximum Gasteiger partial charge on any atom is 0.0703 e. The first-order valence-corrected chi connectivity index (χ1v) is 7.12. The molecule has 98 valence electrons. The van der Waals surface area contributed by atoms with E-state index in [1.807, 2.05) is 12.3 Å². The van der Waals surface area contributed by atoms with Gasteiger partial charge in [-0.25, -0.2) is 0 Å². The molecule has 0 bridgehead atoms. The van der Waals surface area contributed by atoms with Crippen molar-refractivity contribution < 1.29 is 5.11 Å². The van der Waals surface area contributed by atoms with Gasteiger partial charge in [0, 0.05) is 24.8 Å². The Morgan fingerprint density at radius 2 is 1.89 bits per heavy atom. The van der Waals surface area contributed by atoms with Crippen LogP contribution in [0.3, 0.4) is 0 Å². The van der Waals surface area contributed by atoms with Crippen molar-refractivity contribution in [2.45, 2.75) is 45.1 Å². The Hall–Kier alpha value is -1.09. The summed E-state index contributed by atoms with van der Waals surface area (Å²) in [7, 11) is 0. The molecule has 1 aromatic heterocycles. The summed E-state index contributed by atoms with van der Waals surface area (Å²) in [6, 6.07) is 1.93. The maximum atomic E-state index is 9.40. The molecule has 0 atom stereocenters. The minimum absolute atomic E-state index is 0.111. The highest BCUT2D eigenvalue weighted by atomic mass is 16.3. The van der Waals surface area contributed by atoms with Crippen molar-refractivity contribution in [2.24, 2.45) is 5.41 Å². The summed E-state index contributed by atoms with van der Waals surface area (Å²) in [6.07, 6.45) is 12.0. The summed E-state index contributed by atoms with van der Waals surface area (Å²) in [4.78, 5) is 6.61. The molecule has 1 saturated carbocycles. The molecule has 3 nitrogen and oxygen atoms in total. The number of anilines is 1. The molecule has 1 spiro atoms. The normalized spacial score (nSPS) is 22.6. The molecular weight excluding hydrogens is 224 g/mol. The van der Waals surface area contributed by atoms with E-state index < -0.39 is 0 Å². The highest BCUT2D eigenvalue weighted by Gasteiger charge is 2.37. The molecule has 3 rings (SSSR count). The number of rotatable bonds is 2. The predicted octanol–water partition coefficient (Wildman–Crippen LogP) is 2.73. The van der Waals surface area contributed by atoms with Crippen LogP contribution in [0.5, 0.6) is 0 Å². The smallest absolute Gasteiger partial charge is 0.0703 e. The average Bonchev–Trinajstić information content (AvgIpc) is 2.88. The first-order valence-electron chi connectivity index (χ1n) is 7.12. The molecule has 0 radical (unpaired) electrons. The summed E-state index contributed by atoms with van der Waals surface area (Å²) < 4.78 is 0. The lowest BCUT2D eigenvalue weighted by Crippen LogP contribution is -2.39. The van der Waals surface area contributed by atoms with Crippen LogP contribution < -0.4 is 4.90 Å². The monoisotopic (exact) mass is 246 g/mol. The molecule has 0 aromatic carbocycles. The lowest BCUT2D eigenvalue weighted by molar-refractivity contribution is 0.225. The fourth-order valence-electron chi connectivity index (χ4n) is 3.68. The molecule has 2 aliphatic rings. The van der Waals surface area contributed by atoms with Gasteiger partial charge in [0.25, 0.3) is 0 Å². The molecule has 0 unspecified atom stereocenters. The van der Waals surface area contributed by atoms with Crippen molar-refractivity contribution in [1.29, 1.82) is 0 Å². The second-order valence-electron chi connectivity index (χ2n) is 5.86. The Morgan fingerprint density at radius 3 is 2.56 bits per heavy atom. The fourth-order valence-corrected chi connectivity index (χ4v) is 3.68. The molecule has 3 heteroatoms. The van der Waals surface area contributed by atoms with Crippen LogP contribution in [0, 0.1) is 5.41 Å². The van der Waals surface area contributed by atoms with Crippen molar-refractivity contribution in [3.8, 4) is 0 Å². The van der Waals surface area contributed by atoms with Gasteiger partial charge in [-0.1, -0.05) is 12.8 Å².